The number of alkyl halides is 3. The highest BCUT2D eigenvalue weighted by Gasteiger charge is 2.51. The van der Waals surface area contributed by atoms with Crippen molar-refractivity contribution in [2.75, 3.05) is 6.61 Å². The van der Waals surface area contributed by atoms with E-state index in [4.69, 9.17) is 9.47 Å². The predicted octanol–water partition coefficient (Wildman–Crippen LogP) is 4.27. The van der Waals surface area contributed by atoms with Gasteiger partial charge in [-0.3, -0.25) is 4.98 Å². The lowest BCUT2D eigenvalue weighted by molar-refractivity contribution is -0.163. The maximum Gasteiger partial charge on any atom is 0.534 e. The van der Waals surface area contributed by atoms with Crippen LogP contribution in [0.4, 0.5) is 18.0 Å². The van der Waals surface area contributed by atoms with E-state index < -0.39 is 44.3 Å². The average Bonchev–Trinajstić information content (AvgIpc) is 2.81. The van der Waals surface area contributed by atoms with Crippen LogP contribution in [-0.2, 0) is 26.0 Å². The predicted molar refractivity (Wildman–Crippen MR) is 127 cm³/mol. The Bertz CT molecular complexity index is 1370. The lowest BCUT2D eigenvalue weighted by Crippen LogP contribution is -2.63. The SMILES string of the molecule is CC(C)(C)OC(=O)NC12CCC(CCc3c(C#N)cnc4ccc(OS(=O)(=O)C(F)(F)F)nc34)(CC1)OC2. The molecule has 4 heterocycles. The number of carbonyl (C=O) groups is 1. The number of halogens is 3. The molecule has 2 aromatic heterocycles. The number of nitrogens with one attached hydrogen (secondary N) is 1. The second kappa shape index (κ2) is 9.53. The molecule has 1 N–H and O–H groups in total. The van der Waals surface area contributed by atoms with Crippen LogP contribution in [0.5, 0.6) is 5.88 Å². The molecule has 0 spiro atoms. The van der Waals surface area contributed by atoms with Crippen LogP contribution in [0, 0.1) is 11.3 Å². The van der Waals surface area contributed by atoms with Crippen molar-refractivity contribution >= 4 is 27.2 Å². The van der Waals surface area contributed by atoms with E-state index in [1.165, 1.54) is 12.3 Å². The first-order valence-electron chi connectivity index (χ1n) is 11.9. The molecule has 2 aromatic rings. The summed E-state index contributed by atoms with van der Waals surface area (Å²) in [6.45, 7) is 5.64. The van der Waals surface area contributed by atoms with Gasteiger partial charge in [0.2, 0.25) is 5.88 Å². The molecule has 0 unspecified atom stereocenters. The minimum absolute atomic E-state index is 0.0721. The zero-order valence-corrected chi connectivity index (χ0v) is 21.8. The molecule has 0 radical (unpaired) electrons. The number of nitrogens with zero attached hydrogens (tertiary/aromatic N) is 3. The molecule has 5 rings (SSSR count). The monoisotopic (exact) mass is 556 g/mol. The van der Waals surface area contributed by atoms with Gasteiger partial charge in [0.15, 0.2) is 0 Å². The van der Waals surface area contributed by atoms with E-state index in [2.05, 4.69) is 19.5 Å². The lowest BCUT2D eigenvalue weighted by atomic mass is 9.69. The maximum absolute atomic E-state index is 12.8. The summed E-state index contributed by atoms with van der Waals surface area (Å²) in [5.74, 6) is -0.782. The third-order valence-electron chi connectivity index (χ3n) is 6.76. The Kier molecular flexibility index (Phi) is 6.98. The van der Waals surface area contributed by atoms with Gasteiger partial charge in [-0.2, -0.15) is 26.9 Å². The van der Waals surface area contributed by atoms with Gasteiger partial charge in [0, 0.05) is 12.3 Å². The van der Waals surface area contributed by atoms with E-state index in [0.717, 1.165) is 6.07 Å². The molecule has 0 atom stereocenters. The number of ether oxygens (including phenoxy) is 2. The lowest BCUT2D eigenvalue weighted by Gasteiger charge is -2.53. The molecule has 1 amide bonds. The van der Waals surface area contributed by atoms with Gasteiger partial charge in [0.05, 0.1) is 34.3 Å². The normalized spacial score (nSPS) is 23.6. The number of aryl methyl sites for hydroxylation is 1. The van der Waals surface area contributed by atoms with Gasteiger partial charge < -0.3 is 19.0 Å². The molecule has 1 aliphatic carbocycles. The Hall–Kier alpha value is -3.18. The summed E-state index contributed by atoms with van der Waals surface area (Å²) in [5.41, 5.74) is -6.40. The van der Waals surface area contributed by atoms with E-state index in [1.54, 1.807) is 20.8 Å². The molecule has 2 bridgehead atoms. The second-order valence-electron chi connectivity index (χ2n) is 10.6. The first-order valence-corrected chi connectivity index (χ1v) is 13.3. The Morgan fingerprint density at radius 2 is 1.89 bits per heavy atom. The van der Waals surface area contributed by atoms with Gasteiger partial charge in [0.1, 0.15) is 11.7 Å². The molecule has 206 valence electrons. The molecule has 3 aliphatic rings. The smallest absolute Gasteiger partial charge is 0.444 e. The van der Waals surface area contributed by atoms with Gasteiger partial charge in [-0.25, -0.2) is 9.78 Å². The number of pyridine rings is 2. The summed E-state index contributed by atoms with van der Waals surface area (Å²) in [6.07, 6.45) is 4.18. The molecule has 3 fully saturated rings. The van der Waals surface area contributed by atoms with E-state index in [9.17, 15) is 31.6 Å². The molecule has 2 saturated heterocycles. The number of hydrogen-bond acceptors (Lipinski definition) is 9. The number of amides is 1. The van der Waals surface area contributed by atoms with Gasteiger partial charge in [-0.05, 0) is 70.9 Å². The van der Waals surface area contributed by atoms with Crippen LogP contribution in [0.2, 0.25) is 0 Å². The van der Waals surface area contributed by atoms with Crippen LogP contribution in [0.1, 0.15) is 64.0 Å². The number of fused-ring (bicyclic) bond motifs is 4. The summed E-state index contributed by atoms with van der Waals surface area (Å²) >= 11 is 0. The third kappa shape index (κ3) is 5.78. The van der Waals surface area contributed by atoms with Crippen LogP contribution >= 0.6 is 0 Å². The number of rotatable bonds is 6. The minimum Gasteiger partial charge on any atom is -0.444 e. The summed E-state index contributed by atoms with van der Waals surface area (Å²) in [6, 6.07) is 4.26. The molecule has 14 heteroatoms. The highest BCUT2D eigenvalue weighted by atomic mass is 32.2. The average molecular weight is 557 g/mol. The molecule has 1 saturated carbocycles. The number of nitriles is 1. The summed E-state index contributed by atoms with van der Waals surface area (Å²) in [7, 11) is -5.92. The van der Waals surface area contributed by atoms with E-state index in [-0.39, 0.29) is 23.0 Å². The number of hydrogen-bond donors (Lipinski definition) is 1. The van der Waals surface area contributed by atoms with E-state index in [1.807, 2.05) is 6.07 Å². The molecular weight excluding hydrogens is 529 g/mol. The summed E-state index contributed by atoms with van der Waals surface area (Å²) < 4.78 is 77.0. The fourth-order valence-corrected chi connectivity index (χ4v) is 5.19. The standard InChI is InChI=1S/C24H27F3N4O6S/c1-21(2,3)36-20(32)31-22-8-10-23(11-9-22,35-14-22)7-6-16-15(12-28)13-29-17-4-5-18(30-19(16)17)37-38(33,34)24(25,26)27/h4-5,13H,6-11,14H2,1-3H3,(H,31,32). The minimum atomic E-state index is -5.92. The van der Waals surface area contributed by atoms with Crippen LogP contribution < -0.4 is 9.50 Å². The van der Waals surface area contributed by atoms with E-state index >= 15 is 0 Å². The Balaban J connectivity index is 1.52. The highest BCUT2D eigenvalue weighted by Crippen LogP contribution is 2.46. The Morgan fingerprint density at radius 1 is 1.21 bits per heavy atom. The Morgan fingerprint density at radius 3 is 2.45 bits per heavy atom. The van der Waals surface area contributed by atoms with Gasteiger partial charge in [0.25, 0.3) is 0 Å². The molecular formula is C24H27F3N4O6S. The zero-order chi connectivity index (χ0) is 28.0. The van der Waals surface area contributed by atoms with Crippen molar-refractivity contribution in [2.24, 2.45) is 0 Å². The van der Waals surface area contributed by atoms with Crippen molar-refractivity contribution in [3.05, 3.63) is 29.5 Å². The van der Waals surface area contributed by atoms with Gasteiger partial charge in [-0.1, -0.05) is 0 Å². The maximum atomic E-state index is 12.8. The zero-order valence-electron chi connectivity index (χ0n) is 21.0. The summed E-state index contributed by atoms with van der Waals surface area (Å²) in [4.78, 5) is 20.4. The molecule has 10 nitrogen and oxygen atoms in total. The van der Waals surface area contributed by atoms with Crippen molar-refractivity contribution in [2.45, 2.75) is 81.5 Å². The first kappa shape index (κ1) is 27.8. The largest absolute Gasteiger partial charge is 0.534 e. The van der Waals surface area contributed by atoms with Gasteiger partial charge >= 0.3 is 21.7 Å². The van der Waals surface area contributed by atoms with E-state index in [0.29, 0.717) is 44.3 Å². The molecule has 38 heavy (non-hydrogen) atoms. The Labute approximate surface area is 217 Å². The van der Waals surface area contributed by atoms with Crippen molar-refractivity contribution < 1.29 is 40.0 Å². The summed E-state index contributed by atoms with van der Waals surface area (Å²) in [5, 5.41) is 12.6. The van der Waals surface area contributed by atoms with Crippen LogP contribution in [0.15, 0.2) is 18.3 Å². The quantitative estimate of drug-likeness (QED) is 0.408. The van der Waals surface area contributed by atoms with Crippen molar-refractivity contribution in [1.82, 2.24) is 15.3 Å². The van der Waals surface area contributed by atoms with Crippen molar-refractivity contribution in [1.29, 1.82) is 5.26 Å². The van der Waals surface area contributed by atoms with Gasteiger partial charge in [-0.15, -0.1) is 0 Å². The van der Waals surface area contributed by atoms with Crippen molar-refractivity contribution in [3.63, 3.8) is 0 Å². The topological polar surface area (TPSA) is 140 Å². The van der Waals surface area contributed by atoms with Crippen LogP contribution in [0.3, 0.4) is 0 Å². The second-order valence-corrected chi connectivity index (χ2v) is 12.2. The van der Waals surface area contributed by atoms with Crippen LogP contribution in [-0.4, -0.2) is 53.3 Å². The third-order valence-corrected chi connectivity index (χ3v) is 7.72. The molecule has 2 aliphatic heterocycles. The van der Waals surface area contributed by atoms with Crippen molar-refractivity contribution in [3.8, 4) is 11.9 Å². The number of alkyl carbamates (subject to hydrolysis) is 1. The fourth-order valence-electron chi connectivity index (χ4n) is 4.78. The first-order chi connectivity index (χ1) is 17.6. The molecule has 0 aromatic carbocycles. The van der Waals surface area contributed by atoms with Crippen LogP contribution in [0.25, 0.3) is 11.0 Å². The fraction of sp³-hybridized carbons (Fsp3) is 0.583. The highest BCUT2D eigenvalue weighted by molar-refractivity contribution is 7.87. The number of aromatic nitrogens is 2. The number of carbonyl (C=O) groups excluding carboxylic acids is 1.